The van der Waals surface area contributed by atoms with E-state index in [9.17, 15) is 24.6 Å². The second-order valence-corrected chi connectivity index (χ2v) is 12.4. The van der Waals surface area contributed by atoms with Crippen molar-refractivity contribution in [1.29, 1.82) is 0 Å². The summed E-state index contributed by atoms with van der Waals surface area (Å²) < 4.78 is 12.6. The van der Waals surface area contributed by atoms with E-state index in [4.69, 9.17) is 32.7 Å². The number of carbonyl (C=O) groups is 3. The Balaban J connectivity index is 1.38. The minimum absolute atomic E-state index is 0.0624. The molecular formula is C41H30Cl2N2O7. The molecule has 0 fully saturated rings. The Morgan fingerprint density at radius 1 is 0.519 bits per heavy atom. The highest BCUT2D eigenvalue weighted by Gasteiger charge is 2.21. The van der Waals surface area contributed by atoms with Crippen LogP contribution in [0, 0.1) is 0 Å². The lowest BCUT2D eigenvalue weighted by molar-refractivity contribution is 0.0686. The predicted octanol–water partition coefficient (Wildman–Crippen LogP) is 10.5. The van der Waals surface area contributed by atoms with Gasteiger partial charge in [-0.3, -0.25) is 0 Å². The number of aromatic carboxylic acids is 2. The van der Waals surface area contributed by atoms with Gasteiger partial charge in [-0.1, -0.05) is 108 Å². The van der Waals surface area contributed by atoms with Crippen LogP contribution in [0.15, 0.2) is 133 Å². The van der Waals surface area contributed by atoms with Crippen molar-refractivity contribution in [1.82, 2.24) is 0 Å². The lowest BCUT2D eigenvalue weighted by atomic mass is 10.0. The van der Waals surface area contributed by atoms with Crippen molar-refractivity contribution in [2.45, 2.75) is 13.2 Å². The van der Waals surface area contributed by atoms with Crippen LogP contribution in [0.5, 0.6) is 11.5 Å². The molecule has 4 N–H and O–H groups in total. The first-order valence-corrected chi connectivity index (χ1v) is 16.7. The number of hydrogen-bond donors (Lipinski definition) is 4. The summed E-state index contributed by atoms with van der Waals surface area (Å²) in [6, 6.07) is 37.1. The topological polar surface area (TPSA) is 134 Å². The Morgan fingerprint density at radius 2 is 0.923 bits per heavy atom. The lowest BCUT2D eigenvalue weighted by Gasteiger charge is -2.20. The maximum absolute atomic E-state index is 13.9. The summed E-state index contributed by atoms with van der Waals surface area (Å²) in [7, 11) is 0. The largest absolute Gasteiger partial charge is 0.486 e. The standard InChI is InChI=1S/C41H30Cl2N2O7/c42-31-19-33(27-13-7-15-29(17-27)39(46)47)37(51-23-25-9-3-1-4-10-25)35(21-31)44-41(50)45-36-22-32(43)20-34(28-14-8-16-30(18-28)40(48)49)38(36)52-24-26-11-5-2-6-12-26/h1-22H,23-24H2,(H,46,47)(H,48,49)(H2,44,45,50). The van der Waals surface area contributed by atoms with Crippen LogP contribution in [0.4, 0.5) is 16.2 Å². The van der Waals surface area contributed by atoms with Gasteiger partial charge in [0.1, 0.15) is 13.2 Å². The van der Waals surface area contributed by atoms with Gasteiger partial charge in [-0.05, 0) is 70.8 Å². The third kappa shape index (κ3) is 8.70. The zero-order valence-electron chi connectivity index (χ0n) is 27.3. The Kier molecular flexibility index (Phi) is 11.0. The fraction of sp³-hybridized carbons (Fsp3) is 0.0488. The number of ether oxygens (including phenoxy) is 2. The van der Waals surface area contributed by atoms with Crippen LogP contribution in [0.1, 0.15) is 31.8 Å². The second kappa shape index (κ2) is 16.2. The van der Waals surface area contributed by atoms with Gasteiger partial charge >= 0.3 is 18.0 Å². The number of halogens is 2. The number of hydrogen-bond acceptors (Lipinski definition) is 5. The average molecular weight is 734 g/mol. The van der Waals surface area contributed by atoms with Gasteiger partial charge in [0.15, 0.2) is 11.5 Å². The molecule has 6 aromatic rings. The third-order valence-electron chi connectivity index (χ3n) is 7.90. The van der Waals surface area contributed by atoms with Crippen LogP contribution in [0.25, 0.3) is 22.3 Å². The molecule has 0 aliphatic rings. The van der Waals surface area contributed by atoms with Gasteiger partial charge in [0, 0.05) is 21.2 Å². The zero-order valence-corrected chi connectivity index (χ0v) is 28.8. The van der Waals surface area contributed by atoms with E-state index in [1.165, 1.54) is 36.4 Å². The van der Waals surface area contributed by atoms with Crippen molar-refractivity contribution in [3.8, 4) is 33.8 Å². The van der Waals surface area contributed by atoms with Crippen LogP contribution < -0.4 is 20.1 Å². The van der Waals surface area contributed by atoms with Crippen molar-refractivity contribution in [2.24, 2.45) is 0 Å². The number of carbonyl (C=O) groups excluding carboxylic acids is 1. The molecule has 0 saturated heterocycles. The van der Waals surface area contributed by atoms with Crippen molar-refractivity contribution >= 4 is 52.5 Å². The number of amides is 2. The summed E-state index contributed by atoms with van der Waals surface area (Å²) in [6.45, 7) is 0.268. The number of carboxylic acids is 2. The number of anilines is 2. The van der Waals surface area contributed by atoms with Crippen LogP contribution in [0.2, 0.25) is 10.0 Å². The predicted molar refractivity (Wildman–Crippen MR) is 202 cm³/mol. The van der Waals surface area contributed by atoms with Crippen molar-refractivity contribution in [3.63, 3.8) is 0 Å². The van der Waals surface area contributed by atoms with E-state index in [1.807, 2.05) is 60.7 Å². The highest BCUT2D eigenvalue weighted by molar-refractivity contribution is 6.32. The SMILES string of the molecule is O=C(Nc1cc(Cl)cc(-c2cccc(C(=O)O)c2)c1OCc1ccccc1)Nc1cc(Cl)cc(-c2cccc(C(=O)O)c2)c1OCc1ccccc1. The van der Waals surface area contributed by atoms with E-state index in [0.29, 0.717) is 22.3 Å². The smallest absolute Gasteiger partial charge is 0.335 e. The normalized spacial score (nSPS) is 10.7. The molecule has 6 aromatic carbocycles. The van der Waals surface area contributed by atoms with Crippen LogP contribution in [-0.4, -0.2) is 28.2 Å². The first-order chi connectivity index (χ1) is 25.1. The van der Waals surface area contributed by atoms with Gasteiger partial charge in [0.05, 0.1) is 22.5 Å². The first-order valence-electron chi connectivity index (χ1n) is 15.9. The lowest BCUT2D eigenvalue weighted by Crippen LogP contribution is -2.21. The molecule has 0 bridgehead atoms. The molecule has 0 spiro atoms. The maximum Gasteiger partial charge on any atom is 0.335 e. The molecule has 2 amide bonds. The highest BCUT2D eigenvalue weighted by Crippen LogP contribution is 2.42. The Hall–Kier alpha value is -6.29. The summed E-state index contributed by atoms with van der Waals surface area (Å²) >= 11 is 13.2. The molecule has 260 valence electrons. The van der Waals surface area contributed by atoms with E-state index >= 15 is 0 Å². The number of nitrogens with one attached hydrogen (secondary N) is 2. The quantitative estimate of drug-likeness (QED) is 0.0983. The molecule has 0 unspecified atom stereocenters. The summed E-state index contributed by atoms with van der Waals surface area (Å²) in [5.41, 5.74) is 4.18. The number of benzene rings is 6. The van der Waals surface area contributed by atoms with E-state index in [2.05, 4.69) is 10.6 Å². The molecule has 11 heteroatoms. The highest BCUT2D eigenvalue weighted by atomic mass is 35.5. The van der Waals surface area contributed by atoms with Gasteiger partial charge < -0.3 is 30.3 Å². The third-order valence-corrected chi connectivity index (χ3v) is 8.33. The van der Waals surface area contributed by atoms with Gasteiger partial charge in [-0.25, -0.2) is 14.4 Å². The fourth-order valence-corrected chi connectivity index (χ4v) is 5.92. The summed E-state index contributed by atoms with van der Waals surface area (Å²) in [6.07, 6.45) is 0. The van der Waals surface area contributed by atoms with Gasteiger partial charge in [0.2, 0.25) is 0 Å². The second-order valence-electron chi connectivity index (χ2n) is 11.6. The van der Waals surface area contributed by atoms with Crippen LogP contribution in [0.3, 0.4) is 0 Å². The van der Waals surface area contributed by atoms with Gasteiger partial charge in [-0.15, -0.1) is 0 Å². The number of rotatable bonds is 12. The number of carboxylic acid groups (broad SMARTS) is 2. The van der Waals surface area contributed by atoms with E-state index in [-0.39, 0.29) is 57.3 Å². The fourth-order valence-electron chi connectivity index (χ4n) is 5.49. The van der Waals surface area contributed by atoms with Crippen molar-refractivity contribution < 1.29 is 34.1 Å². The van der Waals surface area contributed by atoms with E-state index < -0.39 is 18.0 Å². The van der Waals surface area contributed by atoms with E-state index in [0.717, 1.165) is 11.1 Å². The summed E-state index contributed by atoms with van der Waals surface area (Å²) in [5, 5.41) is 25.5. The molecule has 0 aromatic heterocycles. The molecule has 0 aliphatic carbocycles. The molecule has 0 saturated carbocycles. The Bertz CT molecular complexity index is 2110. The summed E-state index contributed by atoms with van der Waals surface area (Å²) in [4.78, 5) is 37.5. The maximum atomic E-state index is 13.9. The summed E-state index contributed by atoms with van der Waals surface area (Å²) in [5.74, 6) is -1.70. The number of urea groups is 1. The minimum Gasteiger partial charge on any atom is -0.486 e. The molecule has 52 heavy (non-hydrogen) atoms. The van der Waals surface area contributed by atoms with Crippen LogP contribution >= 0.6 is 23.2 Å². The molecule has 0 heterocycles. The molecular weight excluding hydrogens is 703 g/mol. The zero-order chi connectivity index (χ0) is 36.6. The Morgan fingerprint density at radius 3 is 1.31 bits per heavy atom. The van der Waals surface area contributed by atoms with Crippen molar-refractivity contribution in [3.05, 3.63) is 166 Å². The van der Waals surface area contributed by atoms with Gasteiger partial charge in [-0.2, -0.15) is 0 Å². The van der Waals surface area contributed by atoms with Crippen molar-refractivity contribution in [2.75, 3.05) is 10.6 Å². The molecule has 0 radical (unpaired) electrons. The first kappa shape index (κ1) is 35.5. The monoisotopic (exact) mass is 732 g/mol. The van der Waals surface area contributed by atoms with Crippen LogP contribution in [-0.2, 0) is 13.2 Å². The average Bonchev–Trinajstić information content (AvgIpc) is 3.14. The molecule has 0 atom stereocenters. The molecule has 9 nitrogen and oxygen atoms in total. The minimum atomic E-state index is -1.10. The molecule has 6 rings (SSSR count). The van der Waals surface area contributed by atoms with E-state index in [1.54, 1.807) is 36.4 Å². The molecule has 0 aliphatic heterocycles. The Labute approximate surface area is 309 Å². The van der Waals surface area contributed by atoms with Gasteiger partial charge in [0.25, 0.3) is 0 Å².